The van der Waals surface area contributed by atoms with Gasteiger partial charge in [0, 0.05) is 12.7 Å². The van der Waals surface area contributed by atoms with Crippen LogP contribution in [0.15, 0.2) is 23.8 Å². The summed E-state index contributed by atoms with van der Waals surface area (Å²) in [6.45, 7) is 0.961. The van der Waals surface area contributed by atoms with Gasteiger partial charge in [0.15, 0.2) is 0 Å². The van der Waals surface area contributed by atoms with Gasteiger partial charge in [0.25, 0.3) is 0 Å². The van der Waals surface area contributed by atoms with Crippen molar-refractivity contribution in [2.45, 2.75) is 12.8 Å². The van der Waals surface area contributed by atoms with E-state index in [1.165, 1.54) is 6.07 Å². The van der Waals surface area contributed by atoms with E-state index in [4.69, 9.17) is 10.5 Å². The Morgan fingerprint density at radius 1 is 1.41 bits per heavy atom. The Labute approximate surface area is 100 Å². The van der Waals surface area contributed by atoms with E-state index >= 15 is 0 Å². The number of methoxy groups -OCH3 is 1. The molecule has 0 heterocycles. The Hall–Kier alpha value is -1.26. The van der Waals surface area contributed by atoms with E-state index in [-0.39, 0.29) is 5.56 Å². The number of benzene rings is 1. The summed E-state index contributed by atoms with van der Waals surface area (Å²) in [5.74, 6) is -0.888. The standard InChI is InChI=1S/C13H17F2NO/c1-17-9-10(3-2-6-16)7-11-8-12(14)4-5-13(11)15/h4-5,7-8H,2-3,6,9,16H2,1H3/b10-7+. The molecule has 0 saturated heterocycles. The van der Waals surface area contributed by atoms with Crippen molar-refractivity contribution in [1.29, 1.82) is 0 Å². The SMILES string of the molecule is COC/C(=C/c1cc(F)ccc1F)CCCN. The number of rotatable bonds is 6. The van der Waals surface area contributed by atoms with Gasteiger partial charge in [-0.15, -0.1) is 0 Å². The summed E-state index contributed by atoms with van der Waals surface area (Å²) >= 11 is 0. The molecule has 0 aliphatic heterocycles. The maximum Gasteiger partial charge on any atom is 0.130 e. The molecule has 0 fully saturated rings. The van der Waals surface area contributed by atoms with Gasteiger partial charge in [0.2, 0.25) is 0 Å². The molecule has 0 saturated carbocycles. The number of hydrogen-bond donors (Lipinski definition) is 1. The van der Waals surface area contributed by atoms with E-state index in [1.807, 2.05) is 0 Å². The average molecular weight is 241 g/mol. The summed E-state index contributed by atoms with van der Waals surface area (Å²) in [5.41, 5.74) is 6.57. The van der Waals surface area contributed by atoms with Crippen molar-refractivity contribution < 1.29 is 13.5 Å². The molecule has 1 rings (SSSR count). The van der Waals surface area contributed by atoms with Crippen LogP contribution in [0.5, 0.6) is 0 Å². The highest BCUT2D eigenvalue weighted by molar-refractivity contribution is 5.53. The van der Waals surface area contributed by atoms with Gasteiger partial charge in [-0.2, -0.15) is 0 Å². The molecule has 2 nitrogen and oxygen atoms in total. The first-order valence-corrected chi connectivity index (χ1v) is 5.51. The average Bonchev–Trinajstić information content (AvgIpc) is 2.31. The molecule has 0 radical (unpaired) electrons. The van der Waals surface area contributed by atoms with Crippen molar-refractivity contribution in [3.8, 4) is 0 Å². The summed E-state index contributed by atoms with van der Waals surface area (Å²) < 4.78 is 31.4. The third-order valence-corrected chi connectivity index (χ3v) is 2.35. The summed E-state index contributed by atoms with van der Waals surface area (Å²) in [6, 6.07) is 3.39. The van der Waals surface area contributed by atoms with Crippen LogP contribution < -0.4 is 5.73 Å². The van der Waals surface area contributed by atoms with Crippen molar-refractivity contribution in [3.63, 3.8) is 0 Å². The predicted molar refractivity (Wildman–Crippen MR) is 64.5 cm³/mol. The van der Waals surface area contributed by atoms with Crippen LogP contribution in [0.3, 0.4) is 0 Å². The third kappa shape index (κ3) is 4.63. The number of halogens is 2. The van der Waals surface area contributed by atoms with Crippen molar-refractivity contribution in [3.05, 3.63) is 41.0 Å². The summed E-state index contributed by atoms with van der Waals surface area (Å²) in [7, 11) is 1.57. The van der Waals surface area contributed by atoms with Crippen LogP contribution in [-0.4, -0.2) is 20.3 Å². The molecular weight excluding hydrogens is 224 g/mol. The van der Waals surface area contributed by atoms with E-state index in [0.29, 0.717) is 13.2 Å². The fourth-order valence-electron chi connectivity index (χ4n) is 1.55. The lowest BCUT2D eigenvalue weighted by atomic mass is 10.1. The fourth-order valence-corrected chi connectivity index (χ4v) is 1.55. The van der Waals surface area contributed by atoms with Gasteiger partial charge in [0.1, 0.15) is 11.6 Å². The lowest BCUT2D eigenvalue weighted by Gasteiger charge is -2.06. The number of ether oxygens (including phenoxy) is 1. The molecule has 0 aromatic heterocycles. The minimum Gasteiger partial charge on any atom is -0.380 e. The van der Waals surface area contributed by atoms with Gasteiger partial charge in [-0.3, -0.25) is 0 Å². The minimum atomic E-state index is -0.451. The first-order valence-electron chi connectivity index (χ1n) is 5.51. The highest BCUT2D eigenvalue weighted by Crippen LogP contribution is 2.16. The molecule has 0 spiro atoms. The van der Waals surface area contributed by atoms with Crippen LogP contribution in [0, 0.1) is 11.6 Å². The Bertz CT molecular complexity index is 391. The smallest absolute Gasteiger partial charge is 0.130 e. The first kappa shape index (κ1) is 13.8. The second kappa shape index (κ2) is 7.14. The monoisotopic (exact) mass is 241 g/mol. The van der Waals surface area contributed by atoms with Crippen molar-refractivity contribution in [2.75, 3.05) is 20.3 Å². The van der Waals surface area contributed by atoms with Crippen molar-refractivity contribution in [2.24, 2.45) is 5.73 Å². The van der Waals surface area contributed by atoms with Gasteiger partial charge in [-0.1, -0.05) is 6.08 Å². The molecule has 0 aliphatic rings. The maximum absolute atomic E-state index is 13.4. The molecule has 1 aromatic carbocycles. The van der Waals surface area contributed by atoms with Crippen LogP contribution in [0.1, 0.15) is 18.4 Å². The maximum atomic E-state index is 13.4. The molecule has 0 bridgehead atoms. The zero-order valence-corrected chi connectivity index (χ0v) is 9.88. The second-order valence-corrected chi connectivity index (χ2v) is 3.79. The van der Waals surface area contributed by atoms with Gasteiger partial charge in [-0.05, 0) is 43.2 Å². The highest BCUT2D eigenvalue weighted by atomic mass is 19.1. The van der Waals surface area contributed by atoms with Crippen LogP contribution in [-0.2, 0) is 4.74 Å². The van der Waals surface area contributed by atoms with E-state index in [0.717, 1.165) is 30.5 Å². The van der Waals surface area contributed by atoms with E-state index < -0.39 is 11.6 Å². The first-order chi connectivity index (χ1) is 8.17. The summed E-state index contributed by atoms with van der Waals surface area (Å²) in [4.78, 5) is 0. The lowest BCUT2D eigenvalue weighted by molar-refractivity contribution is 0.223. The molecule has 17 heavy (non-hydrogen) atoms. The Morgan fingerprint density at radius 3 is 2.82 bits per heavy atom. The number of nitrogens with two attached hydrogens (primary N) is 1. The van der Waals surface area contributed by atoms with Gasteiger partial charge in [0.05, 0.1) is 6.61 Å². The Kier molecular flexibility index (Phi) is 5.80. The molecular formula is C13H17F2NO. The van der Waals surface area contributed by atoms with E-state index in [2.05, 4.69) is 0 Å². The zero-order chi connectivity index (χ0) is 12.7. The van der Waals surface area contributed by atoms with Gasteiger partial charge < -0.3 is 10.5 Å². The molecule has 0 atom stereocenters. The normalized spacial score (nSPS) is 11.9. The Morgan fingerprint density at radius 2 is 2.18 bits per heavy atom. The molecule has 4 heteroatoms. The van der Waals surface area contributed by atoms with Crippen LogP contribution in [0.25, 0.3) is 6.08 Å². The topological polar surface area (TPSA) is 35.2 Å². The molecule has 0 aliphatic carbocycles. The zero-order valence-electron chi connectivity index (χ0n) is 9.88. The van der Waals surface area contributed by atoms with Gasteiger partial charge in [-0.25, -0.2) is 8.78 Å². The lowest BCUT2D eigenvalue weighted by Crippen LogP contribution is -2.02. The van der Waals surface area contributed by atoms with Crippen LogP contribution >= 0.6 is 0 Å². The van der Waals surface area contributed by atoms with Gasteiger partial charge >= 0.3 is 0 Å². The molecule has 0 unspecified atom stereocenters. The molecule has 94 valence electrons. The minimum absolute atomic E-state index is 0.245. The fraction of sp³-hybridized carbons (Fsp3) is 0.385. The van der Waals surface area contributed by atoms with E-state index in [9.17, 15) is 8.78 Å². The van der Waals surface area contributed by atoms with Crippen molar-refractivity contribution in [1.82, 2.24) is 0 Å². The Balaban J connectivity index is 2.90. The molecule has 0 amide bonds. The van der Waals surface area contributed by atoms with Crippen LogP contribution in [0.2, 0.25) is 0 Å². The number of hydrogen-bond acceptors (Lipinski definition) is 2. The summed E-state index contributed by atoms with van der Waals surface area (Å²) in [5, 5.41) is 0. The molecule has 1 aromatic rings. The molecule has 2 N–H and O–H groups in total. The predicted octanol–water partition coefficient (Wildman–Crippen LogP) is 2.73. The highest BCUT2D eigenvalue weighted by Gasteiger charge is 2.04. The largest absolute Gasteiger partial charge is 0.380 e. The van der Waals surface area contributed by atoms with Crippen molar-refractivity contribution >= 4 is 6.08 Å². The quantitative estimate of drug-likeness (QED) is 0.831. The summed E-state index contributed by atoms with van der Waals surface area (Å²) in [6.07, 6.45) is 3.14. The van der Waals surface area contributed by atoms with E-state index in [1.54, 1.807) is 13.2 Å². The third-order valence-electron chi connectivity index (χ3n) is 2.35. The van der Waals surface area contributed by atoms with Crippen LogP contribution in [0.4, 0.5) is 8.78 Å². The second-order valence-electron chi connectivity index (χ2n) is 3.79.